The largest absolute Gasteiger partial charge is 0.480 e. The van der Waals surface area contributed by atoms with Crippen molar-refractivity contribution >= 4 is 23.8 Å². The number of hydrogen-bond acceptors (Lipinski definition) is 4. The summed E-state index contributed by atoms with van der Waals surface area (Å²) in [5, 5.41) is 9.15. The Morgan fingerprint density at radius 1 is 1.63 bits per heavy atom. The van der Waals surface area contributed by atoms with Crippen molar-refractivity contribution in [3.8, 4) is 0 Å². The van der Waals surface area contributed by atoms with E-state index >= 15 is 0 Å². The Morgan fingerprint density at radius 2 is 2.42 bits per heavy atom. The molecule has 1 atom stereocenters. The summed E-state index contributed by atoms with van der Waals surface area (Å²) in [5.74, 6) is 0.931. The van der Waals surface area contributed by atoms with Crippen molar-refractivity contribution in [3.05, 3.63) is 24.2 Å². The molecule has 0 spiro atoms. The summed E-state index contributed by atoms with van der Waals surface area (Å²) in [4.78, 5) is 26.3. The molecule has 0 bridgehead atoms. The molecule has 6 nitrogen and oxygen atoms in total. The van der Waals surface area contributed by atoms with Gasteiger partial charge in [0, 0.05) is 25.1 Å². The van der Waals surface area contributed by atoms with Gasteiger partial charge in [-0.1, -0.05) is 0 Å². The second-order valence-corrected chi connectivity index (χ2v) is 5.49. The lowest BCUT2D eigenvalue weighted by molar-refractivity contribution is -0.141. The summed E-state index contributed by atoms with van der Waals surface area (Å²) in [5.41, 5.74) is 0. The highest BCUT2D eigenvalue weighted by atomic mass is 32.2. The zero-order valence-corrected chi connectivity index (χ0v) is 11.4. The number of hydrogen-bond donors (Lipinski definition) is 1. The number of carboxylic acid groups (broad SMARTS) is 1. The lowest BCUT2D eigenvalue weighted by Crippen LogP contribution is -2.53. The normalized spacial score (nSPS) is 19.2. The van der Waals surface area contributed by atoms with Crippen LogP contribution in [0.3, 0.4) is 0 Å². The molecule has 19 heavy (non-hydrogen) atoms. The van der Waals surface area contributed by atoms with Crippen LogP contribution in [0.25, 0.3) is 0 Å². The Hall–Kier alpha value is -1.63. The third-order valence-electron chi connectivity index (χ3n) is 2.96. The first-order chi connectivity index (χ1) is 9.09. The Bertz CT molecular complexity index is 449. The van der Waals surface area contributed by atoms with E-state index in [1.165, 1.54) is 9.80 Å². The number of rotatable bonds is 3. The van der Waals surface area contributed by atoms with Crippen molar-refractivity contribution in [2.75, 3.05) is 25.1 Å². The standard InChI is InChI=1S/C12H16N2O4S/c1-13(7-9-3-2-5-18-9)12(17)14-4-6-19-8-10(14)11(15)16/h2-3,5,10H,4,6-8H2,1H3,(H,15,16). The molecule has 2 amide bonds. The van der Waals surface area contributed by atoms with Gasteiger partial charge in [0.05, 0.1) is 12.8 Å². The molecule has 0 aliphatic carbocycles. The third-order valence-corrected chi connectivity index (χ3v) is 3.98. The molecule has 1 fully saturated rings. The summed E-state index contributed by atoms with van der Waals surface area (Å²) < 4.78 is 5.18. The highest BCUT2D eigenvalue weighted by Crippen LogP contribution is 2.18. The minimum absolute atomic E-state index is 0.274. The number of carbonyl (C=O) groups is 2. The minimum Gasteiger partial charge on any atom is -0.480 e. The van der Waals surface area contributed by atoms with E-state index < -0.39 is 12.0 Å². The van der Waals surface area contributed by atoms with Crippen molar-refractivity contribution in [2.24, 2.45) is 0 Å². The smallest absolute Gasteiger partial charge is 0.327 e. The van der Waals surface area contributed by atoms with Gasteiger partial charge >= 0.3 is 12.0 Å². The molecule has 2 rings (SSSR count). The molecule has 1 N–H and O–H groups in total. The van der Waals surface area contributed by atoms with Crippen LogP contribution in [0.2, 0.25) is 0 Å². The zero-order valence-electron chi connectivity index (χ0n) is 10.6. The van der Waals surface area contributed by atoms with Gasteiger partial charge in [-0.25, -0.2) is 9.59 Å². The summed E-state index contributed by atoms with van der Waals surface area (Å²) in [6.45, 7) is 0.796. The molecule has 0 radical (unpaired) electrons. The highest BCUT2D eigenvalue weighted by Gasteiger charge is 2.33. The highest BCUT2D eigenvalue weighted by molar-refractivity contribution is 7.99. The average molecular weight is 284 g/mol. The van der Waals surface area contributed by atoms with Crippen LogP contribution in [0, 0.1) is 0 Å². The summed E-state index contributed by atoms with van der Waals surface area (Å²) in [7, 11) is 1.64. The SMILES string of the molecule is CN(Cc1ccco1)C(=O)N1CCSCC1C(=O)O. The number of nitrogens with zero attached hydrogens (tertiary/aromatic N) is 2. The molecule has 0 aromatic carbocycles. The monoisotopic (exact) mass is 284 g/mol. The molecular weight excluding hydrogens is 268 g/mol. The maximum atomic E-state index is 12.3. The van der Waals surface area contributed by atoms with Crippen LogP contribution in [0.4, 0.5) is 4.79 Å². The maximum Gasteiger partial charge on any atom is 0.327 e. The molecule has 7 heteroatoms. The van der Waals surface area contributed by atoms with Crippen LogP contribution in [0.15, 0.2) is 22.8 Å². The first-order valence-electron chi connectivity index (χ1n) is 5.94. The molecule has 1 aromatic heterocycles. The molecule has 0 saturated carbocycles. The second-order valence-electron chi connectivity index (χ2n) is 4.34. The number of urea groups is 1. The third kappa shape index (κ3) is 3.23. The number of carboxylic acids is 1. The average Bonchev–Trinajstić information content (AvgIpc) is 2.90. The number of amides is 2. The van der Waals surface area contributed by atoms with Crippen molar-refractivity contribution in [1.29, 1.82) is 0 Å². The Labute approximate surface area is 115 Å². The van der Waals surface area contributed by atoms with E-state index in [0.717, 1.165) is 5.75 Å². The van der Waals surface area contributed by atoms with Gasteiger partial charge in [-0.15, -0.1) is 0 Å². The molecule has 1 saturated heterocycles. The van der Waals surface area contributed by atoms with Crippen LogP contribution >= 0.6 is 11.8 Å². The van der Waals surface area contributed by atoms with E-state index in [2.05, 4.69) is 0 Å². The van der Waals surface area contributed by atoms with Gasteiger partial charge < -0.3 is 19.3 Å². The molecule has 1 aliphatic rings. The Balaban J connectivity index is 2.02. The Kier molecular flexibility index (Phi) is 4.36. The fourth-order valence-corrected chi connectivity index (χ4v) is 3.00. The van der Waals surface area contributed by atoms with Gasteiger partial charge in [-0.2, -0.15) is 11.8 Å². The lowest BCUT2D eigenvalue weighted by Gasteiger charge is -2.35. The molecule has 1 aliphatic heterocycles. The van der Waals surface area contributed by atoms with Crippen LogP contribution in [0.1, 0.15) is 5.76 Å². The van der Waals surface area contributed by atoms with E-state index in [1.54, 1.807) is 37.2 Å². The van der Waals surface area contributed by atoms with E-state index in [1.807, 2.05) is 0 Å². The van der Waals surface area contributed by atoms with Crippen molar-refractivity contribution < 1.29 is 19.1 Å². The van der Waals surface area contributed by atoms with Crippen molar-refractivity contribution in [2.45, 2.75) is 12.6 Å². The number of furan rings is 1. The quantitative estimate of drug-likeness (QED) is 0.906. The van der Waals surface area contributed by atoms with Gasteiger partial charge in [0.2, 0.25) is 0 Å². The molecule has 104 valence electrons. The van der Waals surface area contributed by atoms with Crippen LogP contribution < -0.4 is 0 Å². The van der Waals surface area contributed by atoms with E-state index in [9.17, 15) is 9.59 Å². The van der Waals surface area contributed by atoms with Gasteiger partial charge in [0.25, 0.3) is 0 Å². The molecule has 1 aromatic rings. The summed E-state index contributed by atoms with van der Waals surface area (Å²) in [6, 6.07) is 2.52. The zero-order chi connectivity index (χ0) is 13.8. The fourth-order valence-electron chi connectivity index (χ4n) is 1.96. The van der Waals surface area contributed by atoms with Gasteiger partial charge in [-0.3, -0.25) is 0 Å². The van der Waals surface area contributed by atoms with Gasteiger partial charge in [0.1, 0.15) is 11.8 Å². The molecule has 1 unspecified atom stereocenters. The first-order valence-corrected chi connectivity index (χ1v) is 7.09. The van der Waals surface area contributed by atoms with Crippen molar-refractivity contribution in [1.82, 2.24) is 9.80 Å². The van der Waals surface area contributed by atoms with Gasteiger partial charge in [-0.05, 0) is 12.1 Å². The topological polar surface area (TPSA) is 74.0 Å². The number of thioether (sulfide) groups is 1. The van der Waals surface area contributed by atoms with E-state index in [0.29, 0.717) is 24.6 Å². The first kappa shape index (κ1) is 13.8. The maximum absolute atomic E-state index is 12.3. The fraction of sp³-hybridized carbons (Fsp3) is 0.500. The predicted octanol–water partition coefficient (Wildman–Crippen LogP) is 1.33. The number of carbonyl (C=O) groups excluding carboxylic acids is 1. The Morgan fingerprint density at radius 3 is 3.05 bits per heavy atom. The predicted molar refractivity (Wildman–Crippen MR) is 71.0 cm³/mol. The molecular formula is C12H16N2O4S. The van der Waals surface area contributed by atoms with Gasteiger partial charge in [0.15, 0.2) is 0 Å². The number of aliphatic carboxylic acids is 1. The van der Waals surface area contributed by atoms with E-state index in [-0.39, 0.29) is 6.03 Å². The van der Waals surface area contributed by atoms with Crippen molar-refractivity contribution in [3.63, 3.8) is 0 Å². The second kappa shape index (κ2) is 6.01. The molecule has 2 heterocycles. The van der Waals surface area contributed by atoms with Crippen LogP contribution in [-0.2, 0) is 11.3 Å². The van der Waals surface area contributed by atoms with Crippen LogP contribution in [0.5, 0.6) is 0 Å². The summed E-state index contributed by atoms with van der Waals surface area (Å²) >= 11 is 1.56. The van der Waals surface area contributed by atoms with Crippen LogP contribution in [-0.4, -0.2) is 58.0 Å². The summed E-state index contributed by atoms with van der Waals surface area (Å²) in [6.07, 6.45) is 1.55. The van der Waals surface area contributed by atoms with E-state index in [4.69, 9.17) is 9.52 Å². The lowest BCUT2D eigenvalue weighted by atomic mass is 10.3. The minimum atomic E-state index is -0.952.